The zero-order valence-electron chi connectivity index (χ0n) is 14.9. The van der Waals surface area contributed by atoms with Crippen LogP contribution in [0.5, 0.6) is 11.5 Å². The number of hydrogen-bond donors (Lipinski definition) is 1. The van der Waals surface area contributed by atoms with E-state index in [-0.39, 0.29) is 0 Å². The van der Waals surface area contributed by atoms with E-state index in [0.717, 1.165) is 11.1 Å². The number of para-hydroxylation sites is 1. The molecule has 27 heavy (non-hydrogen) atoms. The smallest absolute Gasteiger partial charge is 0.243 e. The standard InChI is InChI=1S/C19H20ClN5O2/c1-3-11-25-19(22-23-24-25)21-12-14-8-6-10-17(26-2)18(14)27-13-15-7-4-5-9-16(15)20/h3-10H,1,11-13H2,2H3,(H,21,22,24). The van der Waals surface area contributed by atoms with Gasteiger partial charge in [-0.25, -0.2) is 4.68 Å². The number of methoxy groups -OCH3 is 1. The predicted molar refractivity (Wildman–Crippen MR) is 104 cm³/mol. The number of tetrazole rings is 1. The molecule has 0 atom stereocenters. The van der Waals surface area contributed by atoms with Crippen LogP contribution in [0.4, 0.5) is 5.95 Å². The van der Waals surface area contributed by atoms with Crippen molar-refractivity contribution in [3.8, 4) is 11.5 Å². The largest absolute Gasteiger partial charge is 0.493 e. The molecule has 0 fully saturated rings. The number of anilines is 1. The average molecular weight is 386 g/mol. The van der Waals surface area contributed by atoms with E-state index in [0.29, 0.717) is 42.2 Å². The van der Waals surface area contributed by atoms with E-state index < -0.39 is 0 Å². The normalized spacial score (nSPS) is 10.4. The van der Waals surface area contributed by atoms with Gasteiger partial charge in [0.15, 0.2) is 11.5 Å². The van der Waals surface area contributed by atoms with Crippen LogP contribution >= 0.6 is 11.6 Å². The molecule has 7 nitrogen and oxygen atoms in total. The summed E-state index contributed by atoms with van der Waals surface area (Å²) in [6.45, 7) is 5.02. The van der Waals surface area contributed by atoms with Crippen molar-refractivity contribution in [3.05, 3.63) is 71.3 Å². The fraction of sp³-hybridized carbons (Fsp3) is 0.211. The molecule has 0 spiro atoms. The van der Waals surface area contributed by atoms with Gasteiger partial charge in [-0.1, -0.05) is 53.1 Å². The molecule has 1 heterocycles. The molecule has 0 saturated heterocycles. The topological polar surface area (TPSA) is 74.1 Å². The number of aromatic nitrogens is 4. The molecule has 3 aromatic rings. The van der Waals surface area contributed by atoms with Crippen LogP contribution in [0.1, 0.15) is 11.1 Å². The number of nitrogens with one attached hydrogen (secondary N) is 1. The number of allylic oxidation sites excluding steroid dienone is 1. The zero-order chi connectivity index (χ0) is 19.1. The molecule has 0 aliphatic carbocycles. The predicted octanol–water partition coefficient (Wildman–Crippen LogP) is 3.71. The Balaban J connectivity index is 1.77. The summed E-state index contributed by atoms with van der Waals surface area (Å²) < 4.78 is 13.1. The molecular formula is C19H20ClN5O2. The first-order chi connectivity index (χ1) is 13.2. The molecule has 0 aliphatic rings. The molecule has 0 bridgehead atoms. The van der Waals surface area contributed by atoms with Crippen LogP contribution in [-0.4, -0.2) is 27.3 Å². The summed E-state index contributed by atoms with van der Waals surface area (Å²) in [6.07, 6.45) is 1.73. The van der Waals surface area contributed by atoms with Gasteiger partial charge in [0.1, 0.15) is 6.61 Å². The lowest BCUT2D eigenvalue weighted by Crippen LogP contribution is -2.10. The quantitative estimate of drug-likeness (QED) is 0.566. The van der Waals surface area contributed by atoms with Gasteiger partial charge in [-0.15, -0.1) is 6.58 Å². The van der Waals surface area contributed by atoms with E-state index in [2.05, 4.69) is 27.4 Å². The Morgan fingerprint density at radius 3 is 2.78 bits per heavy atom. The van der Waals surface area contributed by atoms with Gasteiger partial charge in [-0.05, 0) is 22.6 Å². The third-order valence-corrected chi connectivity index (χ3v) is 4.25. The number of ether oxygens (including phenoxy) is 2. The second-order valence-electron chi connectivity index (χ2n) is 5.66. The van der Waals surface area contributed by atoms with Crippen molar-refractivity contribution in [1.29, 1.82) is 0 Å². The Morgan fingerprint density at radius 1 is 1.19 bits per heavy atom. The van der Waals surface area contributed by atoms with Gasteiger partial charge >= 0.3 is 0 Å². The van der Waals surface area contributed by atoms with Crippen molar-refractivity contribution in [2.24, 2.45) is 0 Å². The fourth-order valence-corrected chi connectivity index (χ4v) is 2.73. The second-order valence-corrected chi connectivity index (χ2v) is 6.06. The molecule has 0 saturated carbocycles. The van der Waals surface area contributed by atoms with Crippen molar-refractivity contribution < 1.29 is 9.47 Å². The molecule has 0 unspecified atom stereocenters. The zero-order valence-corrected chi connectivity index (χ0v) is 15.7. The van der Waals surface area contributed by atoms with E-state index in [9.17, 15) is 0 Å². The van der Waals surface area contributed by atoms with Crippen molar-refractivity contribution in [2.45, 2.75) is 19.7 Å². The minimum atomic E-state index is 0.335. The average Bonchev–Trinajstić information content (AvgIpc) is 3.13. The lowest BCUT2D eigenvalue weighted by atomic mass is 10.1. The van der Waals surface area contributed by atoms with Crippen molar-refractivity contribution in [1.82, 2.24) is 20.2 Å². The lowest BCUT2D eigenvalue weighted by molar-refractivity contribution is 0.282. The Morgan fingerprint density at radius 2 is 2.00 bits per heavy atom. The third kappa shape index (κ3) is 4.57. The Labute approximate surface area is 162 Å². The van der Waals surface area contributed by atoms with E-state index >= 15 is 0 Å². The highest BCUT2D eigenvalue weighted by Crippen LogP contribution is 2.32. The highest BCUT2D eigenvalue weighted by atomic mass is 35.5. The number of rotatable bonds is 9. The van der Waals surface area contributed by atoms with Gasteiger partial charge in [0, 0.05) is 22.7 Å². The monoisotopic (exact) mass is 385 g/mol. The fourth-order valence-electron chi connectivity index (χ4n) is 2.54. The van der Waals surface area contributed by atoms with Gasteiger partial charge in [0.2, 0.25) is 5.95 Å². The van der Waals surface area contributed by atoms with Crippen LogP contribution in [-0.2, 0) is 19.7 Å². The van der Waals surface area contributed by atoms with Crippen molar-refractivity contribution >= 4 is 17.5 Å². The molecule has 0 radical (unpaired) electrons. The Hall–Kier alpha value is -3.06. The van der Waals surface area contributed by atoms with Gasteiger partial charge in [0.05, 0.1) is 13.7 Å². The Kier molecular flexibility index (Phi) is 6.27. The summed E-state index contributed by atoms with van der Waals surface area (Å²) in [5, 5.41) is 15.4. The maximum Gasteiger partial charge on any atom is 0.243 e. The minimum absolute atomic E-state index is 0.335. The number of nitrogens with zero attached hydrogens (tertiary/aromatic N) is 4. The summed E-state index contributed by atoms with van der Waals surface area (Å²) in [6, 6.07) is 13.3. The highest BCUT2D eigenvalue weighted by Gasteiger charge is 2.13. The van der Waals surface area contributed by atoms with Crippen LogP contribution in [0.15, 0.2) is 55.1 Å². The van der Waals surface area contributed by atoms with E-state index in [1.807, 2.05) is 42.5 Å². The van der Waals surface area contributed by atoms with Gasteiger partial charge in [-0.3, -0.25) is 0 Å². The summed E-state index contributed by atoms with van der Waals surface area (Å²) in [4.78, 5) is 0. The molecule has 3 rings (SSSR count). The van der Waals surface area contributed by atoms with Gasteiger partial charge in [0.25, 0.3) is 0 Å². The number of halogens is 1. The van der Waals surface area contributed by atoms with Crippen LogP contribution in [0, 0.1) is 0 Å². The van der Waals surface area contributed by atoms with E-state index in [4.69, 9.17) is 21.1 Å². The molecule has 140 valence electrons. The van der Waals surface area contributed by atoms with E-state index in [1.54, 1.807) is 17.9 Å². The lowest BCUT2D eigenvalue weighted by Gasteiger charge is -2.16. The molecule has 0 amide bonds. The molecule has 8 heteroatoms. The summed E-state index contributed by atoms with van der Waals surface area (Å²) in [5.74, 6) is 1.84. The summed E-state index contributed by atoms with van der Waals surface area (Å²) >= 11 is 6.22. The molecular weight excluding hydrogens is 366 g/mol. The number of hydrogen-bond acceptors (Lipinski definition) is 6. The first-order valence-electron chi connectivity index (χ1n) is 8.36. The van der Waals surface area contributed by atoms with Crippen LogP contribution in [0.25, 0.3) is 0 Å². The third-order valence-electron chi connectivity index (χ3n) is 3.88. The van der Waals surface area contributed by atoms with Crippen LogP contribution in [0.3, 0.4) is 0 Å². The summed E-state index contributed by atoms with van der Waals surface area (Å²) in [5.41, 5.74) is 1.81. The molecule has 2 aromatic carbocycles. The SMILES string of the molecule is C=CCn1nnnc1NCc1cccc(OC)c1OCc1ccccc1Cl. The maximum absolute atomic E-state index is 6.22. The van der Waals surface area contributed by atoms with Crippen molar-refractivity contribution in [3.63, 3.8) is 0 Å². The van der Waals surface area contributed by atoms with E-state index in [1.165, 1.54) is 0 Å². The maximum atomic E-state index is 6.22. The van der Waals surface area contributed by atoms with Gasteiger partial charge < -0.3 is 14.8 Å². The summed E-state index contributed by atoms with van der Waals surface area (Å²) in [7, 11) is 1.61. The van der Waals surface area contributed by atoms with Crippen LogP contribution in [0.2, 0.25) is 5.02 Å². The Bertz CT molecular complexity index is 913. The highest BCUT2D eigenvalue weighted by molar-refractivity contribution is 6.31. The number of benzene rings is 2. The van der Waals surface area contributed by atoms with Crippen molar-refractivity contribution in [2.75, 3.05) is 12.4 Å². The molecule has 1 aromatic heterocycles. The molecule has 1 N–H and O–H groups in total. The van der Waals surface area contributed by atoms with Crippen LogP contribution < -0.4 is 14.8 Å². The first-order valence-corrected chi connectivity index (χ1v) is 8.73. The second kappa shape index (κ2) is 9.05. The first kappa shape index (κ1) is 18.7. The van der Waals surface area contributed by atoms with Gasteiger partial charge in [-0.2, -0.15) is 0 Å². The minimum Gasteiger partial charge on any atom is -0.493 e. The molecule has 0 aliphatic heterocycles.